The Morgan fingerprint density at radius 1 is 1.30 bits per heavy atom. The summed E-state index contributed by atoms with van der Waals surface area (Å²) in [6.07, 6.45) is 0.356. The largest absolute Gasteiger partial charge is 0.494 e. The fourth-order valence-corrected chi connectivity index (χ4v) is 2.50. The Balaban J connectivity index is 2.10. The summed E-state index contributed by atoms with van der Waals surface area (Å²) >= 11 is 1.51. The number of ether oxygens (including phenoxy) is 1. The van der Waals surface area contributed by atoms with Crippen molar-refractivity contribution in [3.05, 3.63) is 34.7 Å². The summed E-state index contributed by atoms with van der Waals surface area (Å²) in [7, 11) is 3.51. The minimum Gasteiger partial charge on any atom is -0.494 e. The summed E-state index contributed by atoms with van der Waals surface area (Å²) in [5.41, 5.74) is 1.94. The molecule has 0 atom stereocenters. The van der Waals surface area contributed by atoms with E-state index in [2.05, 4.69) is 4.98 Å². The Labute approximate surface area is 123 Å². The first-order valence-electron chi connectivity index (χ1n) is 6.48. The topological polar surface area (TPSA) is 42.4 Å². The van der Waals surface area contributed by atoms with Crippen LogP contribution in [-0.2, 0) is 11.2 Å². The Bertz CT molecular complexity index is 576. The summed E-state index contributed by atoms with van der Waals surface area (Å²) in [4.78, 5) is 17.7. The quantitative estimate of drug-likeness (QED) is 0.850. The molecule has 0 aliphatic carbocycles. The molecule has 1 heterocycles. The van der Waals surface area contributed by atoms with Gasteiger partial charge in [0.2, 0.25) is 5.91 Å². The van der Waals surface area contributed by atoms with Gasteiger partial charge >= 0.3 is 0 Å². The van der Waals surface area contributed by atoms with Crippen LogP contribution >= 0.6 is 11.3 Å². The molecule has 1 amide bonds. The lowest BCUT2D eigenvalue weighted by Gasteiger charge is -2.07. The van der Waals surface area contributed by atoms with Crippen LogP contribution in [0.1, 0.15) is 11.9 Å². The molecule has 0 saturated carbocycles. The number of amides is 1. The van der Waals surface area contributed by atoms with Gasteiger partial charge in [-0.15, -0.1) is 11.3 Å². The molecule has 2 aromatic rings. The zero-order valence-corrected chi connectivity index (χ0v) is 12.7. The second-order valence-corrected chi connectivity index (χ2v) is 5.49. The molecule has 0 N–H and O–H groups in total. The Morgan fingerprint density at radius 3 is 2.60 bits per heavy atom. The fourth-order valence-electron chi connectivity index (χ4n) is 1.70. The van der Waals surface area contributed by atoms with Crippen LogP contribution in [0.3, 0.4) is 0 Å². The third-order valence-corrected chi connectivity index (χ3v) is 3.66. The molecule has 0 saturated heterocycles. The third kappa shape index (κ3) is 3.57. The summed E-state index contributed by atoms with van der Waals surface area (Å²) < 4.78 is 5.41. The number of thiazole rings is 1. The van der Waals surface area contributed by atoms with Gasteiger partial charge in [0.15, 0.2) is 0 Å². The average molecular weight is 290 g/mol. The summed E-state index contributed by atoms with van der Waals surface area (Å²) in [5, 5.41) is 2.82. The summed E-state index contributed by atoms with van der Waals surface area (Å²) in [6.45, 7) is 2.62. The molecular formula is C15H18N2O2S. The predicted molar refractivity (Wildman–Crippen MR) is 81.1 cm³/mol. The lowest BCUT2D eigenvalue weighted by atomic mass is 10.2. The highest BCUT2D eigenvalue weighted by Gasteiger charge is 2.10. The van der Waals surface area contributed by atoms with E-state index in [0.29, 0.717) is 13.0 Å². The number of carbonyl (C=O) groups is 1. The number of likely N-dealkylation sites (N-methyl/N-ethyl adjacent to an activating group) is 1. The molecule has 4 nitrogen and oxygen atoms in total. The first-order chi connectivity index (χ1) is 9.60. The average Bonchev–Trinajstić information content (AvgIpc) is 2.88. The van der Waals surface area contributed by atoms with E-state index < -0.39 is 0 Å². The van der Waals surface area contributed by atoms with Gasteiger partial charge in [0.1, 0.15) is 10.8 Å². The zero-order valence-electron chi connectivity index (χ0n) is 11.9. The van der Waals surface area contributed by atoms with Crippen molar-refractivity contribution < 1.29 is 9.53 Å². The van der Waals surface area contributed by atoms with E-state index in [1.807, 2.05) is 36.6 Å². The third-order valence-electron chi connectivity index (χ3n) is 2.81. The van der Waals surface area contributed by atoms with E-state index in [9.17, 15) is 4.79 Å². The molecule has 0 unspecified atom stereocenters. The van der Waals surface area contributed by atoms with Crippen molar-refractivity contribution in [2.24, 2.45) is 0 Å². The van der Waals surface area contributed by atoms with E-state index in [1.165, 1.54) is 11.3 Å². The van der Waals surface area contributed by atoms with E-state index in [1.54, 1.807) is 19.0 Å². The maximum atomic E-state index is 11.7. The van der Waals surface area contributed by atoms with Gasteiger partial charge in [0, 0.05) is 25.0 Å². The number of hydrogen-bond acceptors (Lipinski definition) is 4. The van der Waals surface area contributed by atoms with Gasteiger partial charge in [-0.3, -0.25) is 4.79 Å². The first-order valence-corrected chi connectivity index (χ1v) is 7.36. The Morgan fingerprint density at radius 2 is 2.00 bits per heavy atom. The van der Waals surface area contributed by atoms with Crippen molar-refractivity contribution in [2.45, 2.75) is 13.3 Å². The number of rotatable bonds is 5. The smallest absolute Gasteiger partial charge is 0.228 e. The van der Waals surface area contributed by atoms with Crippen molar-refractivity contribution in [1.82, 2.24) is 9.88 Å². The highest BCUT2D eigenvalue weighted by Crippen LogP contribution is 2.24. The molecule has 0 bridgehead atoms. The van der Waals surface area contributed by atoms with E-state index >= 15 is 0 Å². The molecule has 20 heavy (non-hydrogen) atoms. The van der Waals surface area contributed by atoms with Crippen LogP contribution in [0.15, 0.2) is 29.6 Å². The minimum absolute atomic E-state index is 0.0672. The fraction of sp³-hybridized carbons (Fsp3) is 0.333. The lowest BCUT2D eigenvalue weighted by Crippen LogP contribution is -2.23. The molecule has 0 spiro atoms. The number of aromatic nitrogens is 1. The monoisotopic (exact) mass is 290 g/mol. The molecule has 106 valence electrons. The van der Waals surface area contributed by atoms with Crippen LogP contribution in [0.5, 0.6) is 5.75 Å². The van der Waals surface area contributed by atoms with E-state index in [0.717, 1.165) is 22.0 Å². The number of nitrogens with zero attached hydrogens (tertiary/aromatic N) is 2. The van der Waals surface area contributed by atoms with Crippen LogP contribution in [0.4, 0.5) is 0 Å². The van der Waals surface area contributed by atoms with Crippen molar-refractivity contribution in [3.63, 3.8) is 0 Å². The first kappa shape index (κ1) is 14.5. The predicted octanol–water partition coefficient (Wildman–Crippen LogP) is 2.84. The number of carbonyl (C=O) groups excluding carboxylic acids is 1. The van der Waals surface area contributed by atoms with Crippen LogP contribution < -0.4 is 4.74 Å². The van der Waals surface area contributed by atoms with Crippen LogP contribution in [0, 0.1) is 0 Å². The van der Waals surface area contributed by atoms with Crippen molar-refractivity contribution in [3.8, 4) is 17.0 Å². The molecule has 1 aromatic carbocycles. The highest BCUT2D eigenvalue weighted by atomic mass is 32.1. The van der Waals surface area contributed by atoms with Gasteiger partial charge in [0.05, 0.1) is 18.7 Å². The van der Waals surface area contributed by atoms with E-state index in [-0.39, 0.29) is 5.91 Å². The maximum absolute atomic E-state index is 11.7. The molecule has 2 rings (SSSR count). The van der Waals surface area contributed by atoms with Crippen LogP contribution in [0.25, 0.3) is 11.3 Å². The van der Waals surface area contributed by atoms with Gasteiger partial charge in [-0.2, -0.15) is 0 Å². The Kier molecular flexibility index (Phi) is 4.74. The maximum Gasteiger partial charge on any atom is 0.228 e. The van der Waals surface area contributed by atoms with Crippen LogP contribution in [-0.4, -0.2) is 36.5 Å². The van der Waals surface area contributed by atoms with Gasteiger partial charge in [0.25, 0.3) is 0 Å². The molecule has 0 aliphatic rings. The molecule has 1 aromatic heterocycles. The van der Waals surface area contributed by atoms with Crippen LogP contribution in [0.2, 0.25) is 0 Å². The second-order valence-electron chi connectivity index (χ2n) is 4.55. The zero-order chi connectivity index (χ0) is 14.5. The van der Waals surface area contributed by atoms with Crippen molar-refractivity contribution in [2.75, 3.05) is 20.7 Å². The molecule has 5 heteroatoms. The lowest BCUT2D eigenvalue weighted by molar-refractivity contribution is -0.127. The standard InChI is InChI=1S/C15H18N2O2S/c1-4-19-12-7-5-11(6-8-12)13-10-20-14(16-13)9-15(18)17(2)3/h5-8,10H,4,9H2,1-3H3. The summed E-state index contributed by atoms with van der Waals surface area (Å²) in [6, 6.07) is 7.83. The normalized spacial score (nSPS) is 10.3. The van der Waals surface area contributed by atoms with Gasteiger partial charge in [-0.05, 0) is 31.2 Å². The van der Waals surface area contributed by atoms with Crippen molar-refractivity contribution >= 4 is 17.2 Å². The SMILES string of the molecule is CCOc1ccc(-c2csc(CC(=O)N(C)C)n2)cc1. The molecule has 0 aliphatic heterocycles. The molecule has 0 fully saturated rings. The molecule has 0 radical (unpaired) electrons. The minimum atomic E-state index is 0.0672. The number of hydrogen-bond donors (Lipinski definition) is 0. The van der Waals surface area contributed by atoms with E-state index in [4.69, 9.17) is 4.74 Å². The van der Waals surface area contributed by atoms with Crippen molar-refractivity contribution in [1.29, 1.82) is 0 Å². The highest BCUT2D eigenvalue weighted by molar-refractivity contribution is 7.10. The van der Waals surface area contributed by atoms with Gasteiger partial charge in [-0.1, -0.05) is 0 Å². The van der Waals surface area contributed by atoms with Gasteiger partial charge < -0.3 is 9.64 Å². The second kappa shape index (κ2) is 6.52. The van der Waals surface area contributed by atoms with Gasteiger partial charge in [-0.25, -0.2) is 4.98 Å². The Hall–Kier alpha value is -1.88. The number of benzene rings is 1. The molecular weight excluding hydrogens is 272 g/mol. The summed E-state index contributed by atoms with van der Waals surface area (Å²) in [5.74, 6) is 0.923.